The molecule has 5 nitrogen and oxygen atoms in total. The van der Waals surface area contributed by atoms with E-state index in [0.29, 0.717) is 28.7 Å². The van der Waals surface area contributed by atoms with Crippen LogP contribution >= 0.6 is 11.6 Å². The van der Waals surface area contributed by atoms with Crippen LogP contribution in [0.2, 0.25) is 5.02 Å². The second kappa shape index (κ2) is 6.24. The smallest absolute Gasteiger partial charge is 0.225 e. The van der Waals surface area contributed by atoms with Crippen LogP contribution in [-0.2, 0) is 9.59 Å². The van der Waals surface area contributed by atoms with Gasteiger partial charge in [-0.25, -0.2) is 0 Å². The Balaban J connectivity index is 1.93. The summed E-state index contributed by atoms with van der Waals surface area (Å²) in [6, 6.07) is 4.88. The molecule has 2 amide bonds. The van der Waals surface area contributed by atoms with Gasteiger partial charge in [0, 0.05) is 25.1 Å². The van der Waals surface area contributed by atoms with Gasteiger partial charge in [0.1, 0.15) is 0 Å². The van der Waals surface area contributed by atoms with Gasteiger partial charge in [-0.3, -0.25) is 9.59 Å². The van der Waals surface area contributed by atoms with Crippen LogP contribution in [0.5, 0.6) is 0 Å². The second-order valence-electron chi connectivity index (χ2n) is 5.13. The van der Waals surface area contributed by atoms with Gasteiger partial charge in [-0.15, -0.1) is 0 Å². The monoisotopic (exact) mass is 295 g/mol. The Labute approximate surface area is 122 Å². The summed E-state index contributed by atoms with van der Waals surface area (Å²) in [5.74, 6) is 0.179. The summed E-state index contributed by atoms with van der Waals surface area (Å²) in [7, 11) is 0. The highest BCUT2D eigenvalue weighted by molar-refractivity contribution is 6.34. The van der Waals surface area contributed by atoms with Gasteiger partial charge in [0.05, 0.1) is 10.7 Å². The molecule has 0 radical (unpaired) electrons. The first kappa shape index (κ1) is 14.8. The third-order valence-electron chi connectivity index (χ3n) is 3.21. The molecule has 1 saturated carbocycles. The Morgan fingerprint density at radius 1 is 1.40 bits per heavy atom. The molecule has 0 aromatic heterocycles. The number of carbonyl (C=O) groups is 2. The van der Waals surface area contributed by atoms with E-state index in [1.54, 1.807) is 18.2 Å². The average Bonchev–Trinajstić information content (AvgIpc) is 3.16. The van der Waals surface area contributed by atoms with Crippen LogP contribution in [0, 0.1) is 5.92 Å². The first-order valence-electron chi connectivity index (χ1n) is 6.58. The zero-order valence-electron chi connectivity index (χ0n) is 11.3. The number of anilines is 2. The highest BCUT2D eigenvalue weighted by Crippen LogP contribution is 2.33. The summed E-state index contributed by atoms with van der Waals surface area (Å²) in [6.45, 7) is 1.41. The van der Waals surface area contributed by atoms with E-state index in [9.17, 15) is 9.59 Å². The minimum Gasteiger partial charge on any atom is -0.327 e. The maximum atomic E-state index is 11.8. The van der Waals surface area contributed by atoms with Crippen molar-refractivity contribution in [1.82, 2.24) is 0 Å². The van der Waals surface area contributed by atoms with Crippen LogP contribution in [0.4, 0.5) is 11.4 Å². The molecule has 1 unspecified atom stereocenters. The molecule has 6 heteroatoms. The van der Waals surface area contributed by atoms with Crippen molar-refractivity contribution in [1.29, 1.82) is 0 Å². The molecule has 0 aliphatic heterocycles. The van der Waals surface area contributed by atoms with Crippen molar-refractivity contribution < 1.29 is 9.59 Å². The van der Waals surface area contributed by atoms with Gasteiger partial charge in [0.15, 0.2) is 0 Å². The molecule has 0 bridgehead atoms. The molecule has 0 saturated heterocycles. The highest BCUT2D eigenvalue weighted by Gasteiger charge is 2.29. The van der Waals surface area contributed by atoms with Crippen LogP contribution in [0.25, 0.3) is 0 Å². The van der Waals surface area contributed by atoms with E-state index >= 15 is 0 Å². The Morgan fingerprint density at radius 2 is 2.10 bits per heavy atom. The summed E-state index contributed by atoms with van der Waals surface area (Å²) in [4.78, 5) is 22.8. The fourth-order valence-corrected chi connectivity index (χ4v) is 2.23. The van der Waals surface area contributed by atoms with E-state index in [4.69, 9.17) is 17.3 Å². The molecular formula is C14H18ClN3O2. The van der Waals surface area contributed by atoms with Crippen molar-refractivity contribution in [3.8, 4) is 0 Å². The maximum Gasteiger partial charge on any atom is 0.225 e. The molecule has 4 N–H and O–H groups in total. The van der Waals surface area contributed by atoms with Crippen molar-refractivity contribution in [2.75, 3.05) is 10.6 Å². The predicted molar refractivity (Wildman–Crippen MR) is 79.7 cm³/mol. The Kier molecular flexibility index (Phi) is 4.62. The standard InChI is InChI=1S/C14H18ClN3O2/c1-8(19)17-13-5-4-10(6-11(13)15)18-14(20)7-12(16)9-2-3-9/h4-6,9,12H,2-3,7,16H2,1H3,(H,17,19)(H,18,20). The molecule has 1 aromatic carbocycles. The van der Waals surface area contributed by atoms with Crippen molar-refractivity contribution >= 4 is 34.8 Å². The molecule has 0 heterocycles. The number of carbonyl (C=O) groups excluding carboxylic acids is 2. The summed E-state index contributed by atoms with van der Waals surface area (Å²) in [6.07, 6.45) is 2.55. The zero-order chi connectivity index (χ0) is 14.7. The molecule has 1 atom stereocenters. The Morgan fingerprint density at radius 3 is 2.65 bits per heavy atom. The first-order chi connectivity index (χ1) is 9.45. The van der Waals surface area contributed by atoms with Crippen molar-refractivity contribution in [2.24, 2.45) is 11.7 Å². The van der Waals surface area contributed by atoms with Crippen LogP contribution in [0.3, 0.4) is 0 Å². The number of hydrogen-bond donors (Lipinski definition) is 3. The molecule has 1 fully saturated rings. The average molecular weight is 296 g/mol. The normalized spacial score (nSPS) is 15.6. The fraction of sp³-hybridized carbons (Fsp3) is 0.429. The van der Waals surface area contributed by atoms with Gasteiger partial charge in [0.25, 0.3) is 0 Å². The molecule has 2 rings (SSSR count). The molecule has 20 heavy (non-hydrogen) atoms. The van der Waals surface area contributed by atoms with Crippen LogP contribution in [0.15, 0.2) is 18.2 Å². The van der Waals surface area contributed by atoms with E-state index in [1.807, 2.05) is 0 Å². The van der Waals surface area contributed by atoms with Gasteiger partial charge in [-0.05, 0) is 37.0 Å². The number of nitrogens with two attached hydrogens (primary N) is 1. The lowest BCUT2D eigenvalue weighted by Crippen LogP contribution is -2.28. The van der Waals surface area contributed by atoms with Crippen LogP contribution in [-0.4, -0.2) is 17.9 Å². The van der Waals surface area contributed by atoms with Crippen LogP contribution in [0.1, 0.15) is 26.2 Å². The third-order valence-corrected chi connectivity index (χ3v) is 3.52. The number of halogens is 1. The maximum absolute atomic E-state index is 11.8. The SMILES string of the molecule is CC(=O)Nc1ccc(NC(=O)CC(N)C2CC2)cc1Cl. The molecule has 1 aliphatic rings. The van der Waals surface area contributed by atoms with Crippen molar-refractivity contribution in [3.63, 3.8) is 0 Å². The van der Waals surface area contributed by atoms with Gasteiger partial charge < -0.3 is 16.4 Å². The number of hydrogen-bond acceptors (Lipinski definition) is 3. The summed E-state index contributed by atoms with van der Waals surface area (Å²) < 4.78 is 0. The summed E-state index contributed by atoms with van der Waals surface area (Å²) in [5, 5.41) is 5.75. The minimum atomic E-state index is -0.195. The zero-order valence-corrected chi connectivity index (χ0v) is 12.0. The summed E-state index contributed by atoms with van der Waals surface area (Å²) >= 11 is 6.03. The Hall–Kier alpha value is -1.59. The topological polar surface area (TPSA) is 84.2 Å². The number of amides is 2. The number of rotatable bonds is 5. The quantitative estimate of drug-likeness (QED) is 0.779. The van der Waals surface area contributed by atoms with Gasteiger partial charge >= 0.3 is 0 Å². The minimum absolute atomic E-state index is 0.0656. The van der Waals surface area contributed by atoms with E-state index < -0.39 is 0 Å². The van der Waals surface area contributed by atoms with Gasteiger partial charge in [0.2, 0.25) is 11.8 Å². The lowest BCUT2D eigenvalue weighted by Gasteiger charge is -2.12. The molecule has 1 aliphatic carbocycles. The largest absolute Gasteiger partial charge is 0.327 e. The van der Waals surface area contributed by atoms with Crippen molar-refractivity contribution in [2.45, 2.75) is 32.2 Å². The van der Waals surface area contributed by atoms with E-state index in [0.717, 1.165) is 12.8 Å². The number of nitrogens with one attached hydrogen (secondary N) is 2. The predicted octanol–water partition coefficient (Wildman–Crippen LogP) is 2.36. The van der Waals surface area contributed by atoms with Crippen LogP contribution < -0.4 is 16.4 Å². The Bertz CT molecular complexity index is 529. The van der Waals surface area contributed by atoms with E-state index in [-0.39, 0.29) is 17.9 Å². The lowest BCUT2D eigenvalue weighted by molar-refractivity contribution is -0.116. The second-order valence-corrected chi connectivity index (χ2v) is 5.54. The summed E-state index contributed by atoms with van der Waals surface area (Å²) in [5.41, 5.74) is 7.02. The molecule has 0 spiro atoms. The van der Waals surface area contributed by atoms with E-state index in [1.165, 1.54) is 6.92 Å². The number of benzene rings is 1. The van der Waals surface area contributed by atoms with E-state index in [2.05, 4.69) is 10.6 Å². The lowest BCUT2D eigenvalue weighted by atomic mass is 10.1. The first-order valence-corrected chi connectivity index (χ1v) is 6.96. The molecule has 1 aromatic rings. The van der Waals surface area contributed by atoms with Crippen molar-refractivity contribution in [3.05, 3.63) is 23.2 Å². The van der Waals surface area contributed by atoms with Gasteiger partial charge in [-0.1, -0.05) is 11.6 Å². The molecule has 108 valence electrons. The highest BCUT2D eigenvalue weighted by atomic mass is 35.5. The fourth-order valence-electron chi connectivity index (χ4n) is 2.00. The van der Waals surface area contributed by atoms with Gasteiger partial charge in [-0.2, -0.15) is 0 Å². The molecular weight excluding hydrogens is 278 g/mol. The third kappa shape index (κ3) is 4.21.